The minimum absolute atomic E-state index is 0.387. The number of aryl methyl sites for hydroxylation is 1. The quantitative estimate of drug-likeness (QED) is 0.671. The van der Waals surface area contributed by atoms with Crippen LogP contribution in [0.1, 0.15) is 17.0 Å². The molecule has 6 heteroatoms. The molecule has 1 atom stereocenters. The molecule has 3 aromatic rings. The molecule has 0 fully saturated rings. The highest BCUT2D eigenvalue weighted by atomic mass is 32.2. The van der Waals surface area contributed by atoms with E-state index in [1.54, 1.807) is 18.4 Å². The van der Waals surface area contributed by atoms with Gasteiger partial charge in [-0.3, -0.25) is 4.21 Å². The van der Waals surface area contributed by atoms with E-state index in [4.69, 9.17) is 9.15 Å². The van der Waals surface area contributed by atoms with Gasteiger partial charge in [-0.05, 0) is 36.1 Å². The van der Waals surface area contributed by atoms with Crippen LogP contribution < -0.4 is 4.74 Å². The van der Waals surface area contributed by atoms with Crippen molar-refractivity contribution >= 4 is 22.1 Å². The van der Waals surface area contributed by atoms with E-state index < -0.39 is 10.8 Å². The molecule has 120 valence electrons. The Hall–Kier alpha value is -1.92. The predicted molar refractivity (Wildman–Crippen MR) is 93.1 cm³/mol. The van der Waals surface area contributed by atoms with Crippen LogP contribution in [0.3, 0.4) is 0 Å². The summed E-state index contributed by atoms with van der Waals surface area (Å²) in [7, 11) is 0.575. The molecule has 0 saturated carbocycles. The number of hydrogen-bond acceptors (Lipinski definition) is 5. The maximum atomic E-state index is 12.4. The number of oxazole rings is 1. The van der Waals surface area contributed by atoms with Gasteiger partial charge in [0.1, 0.15) is 11.5 Å². The van der Waals surface area contributed by atoms with Crippen molar-refractivity contribution in [3.63, 3.8) is 0 Å². The molecule has 0 radical (unpaired) electrons. The lowest BCUT2D eigenvalue weighted by molar-refractivity contribution is 0.414. The van der Waals surface area contributed by atoms with Crippen molar-refractivity contribution in [1.82, 2.24) is 4.98 Å². The van der Waals surface area contributed by atoms with E-state index in [-0.39, 0.29) is 0 Å². The molecule has 0 aliphatic carbocycles. The van der Waals surface area contributed by atoms with Gasteiger partial charge in [0.25, 0.3) is 0 Å². The zero-order chi connectivity index (χ0) is 16.2. The standard InChI is InChI=1S/C17H17NO3S2/c1-12-15(18-17(21-12)16-7-4-8-22-16)11-23(19)10-13-5-3-6-14(9-13)20-2/h3-9H,10-11H2,1-2H3. The van der Waals surface area contributed by atoms with Gasteiger partial charge in [0, 0.05) is 16.6 Å². The minimum atomic E-state index is -1.05. The van der Waals surface area contributed by atoms with Gasteiger partial charge in [0.05, 0.1) is 23.4 Å². The number of hydrogen-bond donors (Lipinski definition) is 0. The fraction of sp³-hybridized carbons (Fsp3) is 0.235. The third-order valence-electron chi connectivity index (χ3n) is 3.38. The van der Waals surface area contributed by atoms with Gasteiger partial charge < -0.3 is 9.15 Å². The van der Waals surface area contributed by atoms with Crippen molar-refractivity contribution in [2.24, 2.45) is 0 Å². The number of ether oxygens (including phenoxy) is 1. The molecule has 0 spiro atoms. The van der Waals surface area contributed by atoms with Crippen LogP contribution in [0.25, 0.3) is 10.8 Å². The molecule has 4 nitrogen and oxygen atoms in total. The average molecular weight is 347 g/mol. The smallest absolute Gasteiger partial charge is 0.236 e. The monoisotopic (exact) mass is 347 g/mol. The topological polar surface area (TPSA) is 52.3 Å². The minimum Gasteiger partial charge on any atom is -0.497 e. The van der Waals surface area contributed by atoms with Crippen molar-refractivity contribution in [3.05, 3.63) is 58.8 Å². The molecule has 1 aromatic carbocycles. The average Bonchev–Trinajstić information content (AvgIpc) is 3.18. The second kappa shape index (κ2) is 7.10. The van der Waals surface area contributed by atoms with Gasteiger partial charge in [-0.2, -0.15) is 0 Å². The van der Waals surface area contributed by atoms with Crippen LogP contribution in [0.15, 0.2) is 46.2 Å². The van der Waals surface area contributed by atoms with Crippen molar-refractivity contribution in [1.29, 1.82) is 0 Å². The number of thiophene rings is 1. The summed E-state index contributed by atoms with van der Waals surface area (Å²) < 4.78 is 23.3. The van der Waals surface area contributed by atoms with Crippen LogP contribution in [-0.4, -0.2) is 16.3 Å². The Kier molecular flexibility index (Phi) is 4.93. The number of aromatic nitrogens is 1. The van der Waals surface area contributed by atoms with E-state index in [2.05, 4.69) is 4.98 Å². The fourth-order valence-electron chi connectivity index (χ4n) is 2.22. The number of nitrogens with zero attached hydrogens (tertiary/aromatic N) is 1. The maximum absolute atomic E-state index is 12.4. The molecule has 0 N–H and O–H groups in total. The molecule has 0 amide bonds. The number of methoxy groups -OCH3 is 1. The van der Waals surface area contributed by atoms with Gasteiger partial charge in [-0.25, -0.2) is 4.98 Å². The normalized spacial score (nSPS) is 12.3. The molecule has 2 heterocycles. The van der Waals surface area contributed by atoms with Gasteiger partial charge in [0.2, 0.25) is 5.89 Å². The Balaban J connectivity index is 1.70. The number of rotatable bonds is 6. The number of benzene rings is 1. The lowest BCUT2D eigenvalue weighted by Gasteiger charge is -2.04. The highest BCUT2D eigenvalue weighted by Gasteiger charge is 2.15. The van der Waals surface area contributed by atoms with E-state index >= 15 is 0 Å². The van der Waals surface area contributed by atoms with Gasteiger partial charge in [0.15, 0.2) is 0 Å². The van der Waals surface area contributed by atoms with Gasteiger partial charge >= 0.3 is 0 Å². The van der Waals surface area contributed by atoms with Crippen LogP contribution in [0, 0.1) is 6.92 Å². The van der Waals surface area contributed by atoms with E-state index in [0.29, 0.717) is 17.4 Å². The lowest BCUT2D eigenvalue weighted by Crippen LogP contribution is -2.01. The van der Waals surface area contributed by atoms with Crippen LogP contribution >= 0.6 is 11.3 Å². The van der Waals surface area contributed by atoms with Crippen molar-refractivity contribution < 1.29 is 13.4 Å². The Labute approximate surface area is 141 Å². The molecular formula is C17H17NO3S2. The zero-order valence-electron chi connectivity index (χ0n) is 12.9. The van der Waals surface area contributed by atoms with E-state index in [1.165, 1.54) is 0 Å². The summed E-state index contributed by atoms with van der Waals surface area (Å²) in [6.45, 7) is 1.86. The summed E-state index contributed by atoms with van der Waals surface area (Å²) in [5.74, 6) is 2.96. The molecule has 0 saturated heterocycles. The van der Waals surface area contributed by atoms with Crippen LogP contribution in [-0.2, 0) is 22.3 Å². The molecule has 0 bridgehead atoms. The Morgan fingerprint density at radius 3 is 2.87 bits per heavy atom. The van der Waals surface area contributed by atoms with Gasteiger partial charge in [-0.1, -0.05) is 18.2 Å². The highest BCUT2D eigenvalue weighted by molar-refractivity contribution is 7.83. The Bertz CT molecular complexity index is 809. The predicted octanol–water partition coefficient (Wildman–Crippen LogP) is 4.17. The van der Waals surface area contributed by atoms with Crippen LogP contribution in [0.4, 0.5) is 0 Å². The molecule has 0 aliphatic heterocycles. The molecular weight excluding hydrogens is 330 g/mol. The van der Waals surface area contributed by atoms with Crippen molar-refractivity contribution in [2.75, 3.05) is 7.11 Å². The summed E-state index contributed by atoms with van der Waals surface area (Å²) in [5.41, 5.74) is 1.75. The Morgan fingerprint density at radius 2 is 2.13 bits per heavy atom. The molecule has 3 rings (SSSR count). The second-order valence-electron chi connectivity index (χ2n) is 5.08. The SMILES string of the molecule is COc1cccc(CS(=O)Cc2nc(-c3cccs3)oc2C)c1. The molecule has 23 heavy (non-hydrogen) atoms. The van der Waals surface area contributed by atoms with Crippen molar-refractivity contribution in [2.45, 2.75) is 18.4 Å². The first-order valence-corrected chi connectivity index (χ1v) is 9.50. The molecule has 2 aromatic heterocycles. The summed E-state index contributed by atoms with van der Waals surface area (Å²) in [6, 6.07) is 11.6. The Morgan fingerprint density at radius 1 is 1.26 bits per heavy atom. The van der Waals surface area contributed by atoms with Crippen LogP contribution in [0.5, 0.6) is 5.75 Å². The van der Waals surface area contributed by atoms with Crippen molar-refractivity contribution in [3.8, 4) is 16.5 Å². The van der Waals surface area contributed by atoms with E-state index in [0.717, 1.165) is 27.6 Å². The first kappa shape index (κ1) is 16.0. The zero-order valence-corrected chi connectivity index (χ0v) is 14.6. The third-order valence-corrected chi connectivity index (χ3v) is 5.49. The third kappa shape index (κ3) is 3.89. The lowest BCUT2D eigenvalue weighted by atomic mass is 10.2. The highest BCUT2D eigenvalue weighted by Crippen LogP contribution is 2.26. The van der Waals surface area contributed by atoms with E-state index in [9.17, 15) is 4.21 Å². The summed E-state index contributed by atoms with van der Waals surface area (Å²) in [5, 5.41) is 1.98. The first-order chi connectivity index (χ1) is 11.2. The maximum Gasteiger partial charge on any atom is 0.236 e. The molecule has 0 aliphatic rings. The van der Waals surface area contributed by atoms with Gasteiger partial charge in [-0.15, -0.1) is 11.3 Å². The van der Waals surface area contributed by atoms with E-state index in [1.807, 2.05) is 48.7 Å². The molecule has 1 unspecified atom stereocenters. The largest absolute Gasteiger partial charge is 0.497 e. The first-order valence-electron chi connectivity index (χ1n) is 7.14. The summed E-state index contributed by atoms with van der Waals surface area (Å²) >= 11 is 1.58. The fourth-order valence-corrected chi connectivity index (χ4v) is 4.09. The summed E-state index contributed by atoms with van der Waals surface area (Å²) in [6.07, 6.45) is 0. The van der Waals surface area contributed by atoms with Crippen LogP contribution in [0.2, 0.25) is 0 Å². The summed E-state index contributed by atoms with van der Waals surface area (Å²) in [4.78, 5) is 5.48. The second-order valence-corrected chi connectivity index (χ2v) is 7.48.